The van der Waals surface area contributed by atoms with Gasteiger partial charge in [0.25, 0.3) is 0 Å². The van der Waals surface area contributed by atoms with Crippen LogP contribution >= 0.6 is 7.82 Å². The molecule has 0 spiro atoms. The lowest BCUT2D eigenvalue weighted by molar-refractivity contribution is 0.184. The number of rotatable bonds is 4. The van der Waals surface area contributed by atoms with Crippen LogP contribution < -0.4 is 4.52 Å². The molecular weight excluding hydrogens is 233 g/mol. The molecule has 0 aliphatic carbocycles. The molecule has 0 aliphatic rings. The zero-order chi connectivity index (χ0) is 12.2. The van der Waals surface area contributed by atoms with Crippen LogP contribution in [-0.4, -0.2) is 16.9 Å². The summed E-state index contributed by atoms with van der Waals surface area (Å²) in [6.07, 6.45) is 0. The lowest BCUT2D eigenvalue weighted by Crippen LogP contribution is -1.95. The Bertz CT molecular complexity index is 461. The average molecular weight is 243 g/mol. The van der Waals surface area contributed by atoms with Crippen molar-refractivity contribution in [2.24, 2.45) is 0 Å². The highest BCUT2D eigenvalue weighted by Gasteiger charge is 2.18. The first kappa shape index (κ1) is 12.7. The zero-order valence-corrected chi connectivity index (χ0v) is 9.35. The summed E-state index contributed by atoms with van der Waals surface area (Å²) in [4.78, 5) is 17.3. The van der Waals surface area contributed by atoms with E-state index in [1.54, 1.807) is 12.1 Å². The van der Waals surface area contributed by atoms with Crippen LogP contribution in [0, 0.1) is 11.3 Å². The summed E-state index contributed by atoms with van der Waals surface area (Å²) in [5.41, 5.74) is 0.716. The minimum atomic E-state index is -4.66. The van der Waals surface area contributed by atoms with Gasteiger partial charge in [0.15, 0.2) is 0 Å². The van der Waals surface area contributed by atoms with E-state index in [-0.39, 0.29) is 17.9 Å². The second-order valence-corrected chi connectivity index (χ2v) is 4.12. The maximum Gasteiger partial charge on any atom is 0.524 e. The van der Waals surface area contributed by atoms with E-state index in [2.05, 4.69) is 4.52 Å². The number of benzene rings is 1. The lowest BCUT2D eigenvalue weighted by atomic mass is 10.1. The second kappa shape index (κ2) is 5.10. The van der Waals surface area contributed by atoms with Gasteiger partial charge in [-0.25, -0.2) is 4.57 Å². The summed E-state index contributed by atoms with van der Waals surface area (Å²) < 4.78 is 19.9. The van der Waals surface area contributed by atoms with Crippen molar-refractivity contribution in [3.8, 4) is 11.8 Å². The van der Waals surface area contributed by atoms with Crippen molar-refractivity contribution in [2.75, 3.05) is 7.11 Å². The molecule has 0 aliphatic heterocycles. The average Bonchev–Trinajstić information content (AvgIpc) is 2.16. The molecule has 0 unspecified atom stereocenters. The fourth-order valence-electron chi connectivity index (χ4n) is 1.12. The van der Waals surface area contributed by atoms with E-state index in [4.69, 9.17) is 19.8 Å². The molecule has 0 heterocycles. The predicted molar refractivity (Wildman–Crippen MR) is 54.5 cm³/mol. The highest BCUT2D eigenvalue weighted by molar-refractivity contribution is 7.46. The van der Waals surface area contributed by atoms with E-state index >= 15 is 0 Å². The minimum absolute atomic E-state index is 0.0585. The van der Waals surface area contributed by atoms with Crippen molar-refractivity contribution < 1.29 is 23.6 Å². The molecule has 0 amide bonds. The SMILES string of the molecule is COCc1ccc(C#N)c(OP(=O)(O)O)c1. The lowest BCUT2D eigenvalue weighted by Gasteiger charge is -2.09. The fourth-order valence-corrected chi connectivity index (χ4v) is 1.53. The van der Waals surface area contributed by atoms with Gasteiger partial charge in [0, 0.05) is 7.11 Å². The molecule has 1 aromatic rings. The molecule has 0 aromatic heterocycles. The molecule has 0 fully saturated rings. The Morgan fingerprint density at radius 3 is 2.69 bits per heavy atom. The van der Waals surface area contributed by atoms with Gasteiger partial charge < -0.3 is 9.26 Å². The maximum absolute atomic E-state index is 10.7. The smallest absolute Gasteiger partial charge is 0.403 e. The quantitative estimate of drug-likeness (QED) is 0.770. The monoisotopic (exact) mass is 243 g/mol. The van der Waals surface area contributed by atoms with Crippen molar-refractivity contribution in [2.45, 2.75) is 6.61 Å². The molecule has 1 rings (SSSR count). The van der Waals surface area contributed by atoms with E-state index in [0.717, 1.165) is 0 Å². The molecule has 6 nitrogen and oxygen atoms in total. The second-order valence-electron chi connectivity index (χ2n) is 2.96. The van der Waals surface area contributed by atoms with Crippen molar-refractivity contribution in [1.29, 1.82) is 5.26 Å². The molecule has 7 heteroatoms. The number of ether oxygens (including phenoxy) is 1. The molecule has 86 valence electrons. The number of nitrogens with zero attached hydrogens (tertiary/aromatic N) is 1. The predicted octanol–water partition coefficient (Wildman–Crippen LogP) is 1.18. The molecule has 0 bridgehead atoms. The molecule has 0 atom stereocenters. The molecule has 0 saturated carbocycles. The van der Waals surface area contributed by atoms with E-state index in [9.17, 15) is 4.57 Å². The third-order valence-corrected chi connectivity index (χ3v) is 2.13. The first-order valence-electron chi connectivity index (χ1n) is 4.23. The summed E-state index contributed by atoms with van der Waals surface area (Å²) in [5.74, 6) is -0.148. The highest BCUT2D eigenvalue weighted by Crippen LogP contribution is 2.39. The van der Waals surface area contributed by atoms with Crippen molar-refractivity contribution in [1.82, 2.24) is 0 Å². The third-order valence-electron chi connectivity index (χ3n) is 1.69. The summed E-state index contributed by atoms with van der Waals surface area (Å²) in [6, 6.07) is 6.18. The van der Waals surface area contributed by atoms with Crippen LogP contribution in [0.25, 0.3) is 0 Å². The van der Waals surface area contributed by atoms with Gasteiger partial charge in [0.1, 0.15) is 11.8 Å². The Labute approximate surface area is 92.3 Å². The zero-order valence-electron chi connectivity index (χ0n) is 8.45. The van der Waals surface area contributed by atoms with Gasteiger partial charge in [0.2, 0.25) is 0 Å². The number of phosphoric ester groups is 1. The molecule has 1 aromatic carbocycles. The van der Waals surface area contributed by atoms with Gasteiger partial charge in [-0.15, -0.1) is 0 Å². The molecular formula is C9H10NO5P. The standard InChI is InChI=1S/C9H10NO5P/c1-14-6-7-2-3-8(5-10)9(4-7)15-16(11,12)13/h2-4H,6H2,1H3,(H2,11,12,13). The van der Waals surface area contributed by atoms with Crippen LogP contribution in [0.3, 0.4) is 0 Å². The number of nitriles is 1. The Hall–Kier alpha value is -1.38. The van der Waals surface area contributed by atoms with Gasteiger partial charge in [-0.1, -0.05) is 6.07 Å². The van der Waals surface area contributed by atoms with Crippen LogP contribution in [0.5, 0.6) is 5.75 Å². The number of phosphoric acid groups is 1. The summed E-state index contributed by atoms with van der Waals surface area (Å²) in [5, 5.41) is 8.72. The highest BCUT2D eigenvalue weighted by atomic mass is 31.2. The van der Waals surface area contributed by atoms with E-state index in [1.807, 2.05) is 0 Å². The van der Waals surface area contributed by atoms with Crippen LogP contribution in [0.4, 0.5) is 0 Å². The Kier molecular flexibility index (Phi) is 4.05. The molecule has 0 saturated heterocycles. The summed E-state index contributed by atoms with van der Waals surface area (Å²) in [6.45, 7) is 0.267. The summed E-state index contributed by atoms with van der Waals surface area (Å²) in [7, 11) is -3.17. The van der Waals surface area contributed by atoms with E-state index < -0.39 is 7.82 Å². The minimum Gasteiger partial charge on any atom is -0.403 e. The topological polar surface area (TPSA) is 99.8 Å². The van der Waals surface area contributed by atoms with Crippen molar-refractivity contribution in [3.05, 3.63) is 29.3 Å². The number of hydrogen-bond donors (Lipinski definition) is 2. The Balaban J connectivity index is 3.08. The number of hydrogen-bond acceptors (Lipinski definition) is 4. The largest absolute Gasteiger partial charge is 0.524 e. The van der Waals surface area contributed by atoms with E-state index in [0.29, 0.717) is 5.56 Å². The van der Waals surface area contributed by atoms with Gasteiger partial charge >= 0.3 is 7.82 Å². The van der Waals surface area contributed by atoms with E-state index in [1.165, 1.54) is 19.2 Å². The summed E-state index contributed by atoms with van der Waals surface area (Å²) >= 11 is 0. The number of methoxy groups -OCH3 is 1. The third kappa shape index (κ3) is 3.65. The first-order valence-corrected chi connectivity index (χ1v) is 5.76. The van der Waals surface area contributed by atoms with Crippen molar-refractivity contribution in [3.63, 3.8) is 0 Å². The van der Waals surface area contributed by atoms with Gasteiger partial charge in [-0.2, -0.15) is 5.26 Å². The van der Waals surface area contributed by atoms with Gasteiger partial charge in [-0.3, -0.25) is 9.79 Å². The van der Waals surface area contributed by atoms with Crippen LogP contribution in [0.1, 0.15) is 11.1 Å². The normalized spacial score (nSPS) is 10.9. The fraction of sp³-hybridized carbons (Fsp3) is 0.222. The van der Waals surface area contributed by atoms with Gasteiger partial charge in [-0.05, 0) is 17.7 Å². The maximum atomic E-state index is 10.7. The molecule has 0 radical (unpaired) electrons. The van der Waals surface area contributed by atoms with Gasteiger partial charge in [0.05, 0.1) is 12.2 Å². The molecule has 2 N–H and O–H groups in total. The first-order chi connectivity index (χ1) is 7.46. The van der Waals surface area contributed by atoms with Crippen LogP contribution in [-0.2, 0) is 15.9 Å². The van der Waals surface area contributed by atoms with Crippen LogP contribution in [0.2, 0.25) is 0 Å². The van der Waals surface area contributed by atoms with Crippen LogP contribution in [0.15, 0.2) is 18.2 Å². The Morgan fingerprint density at radius 2 is 2.19 bits per heavy atom. The van der Waals surface area contributed by atoms with Crippen molar-refractivity contribution >= 4 is 7.82 Å². The molecule has 16 heavy (non-hydrogen) atoms. The Morgan fingerprint density at radius 1 is 1.50 bits per heavy atom.